The van der Waals surface area contributed by atoms with Gasteiger partial charge in [-0.25, -0.2) is 0 Å². The molecule has 0 bridgehead atoms. The lowest BCUT2D eigenvalue weighted by Gasteiger charge is -2.36. The molecule has 0 amide bonds. The Bertz CT molecular complexity index is 3460. The van der Waals surface area contributed by atoms with E-state index in [1.165, 1.54) is 66.8 Å². The number of fused-ring (bicyclic) bond motifs is 12. The minimum atomic E-state index is -0.549. The monoisotopic (exact) mass is 844 g/mol. The van der Waals surface area contributed by atoms with Gasteiger partial charge in [0.25, 0.3) is 0 Å². The number of hydrogen-bond donors (Lipinski definition) is 0. The first-order chi connectivity index (χ1) is 32.7. The van der Waals surface area contributed by atoms with E-state index in [2.05, 4.69) is 229 Å². The standard InChI is InChI=1S/C62H44N4/c1-41-18-5-12-31-58(41)65(46-20-3-2-4-21-46)47-22-17-19-42(37-47)43-32-33-59-52(40-43)60-61(66(59)48-38-44(56-29-13-15-34-63-56)36-45(39-48)57-30-14-16-35-64-57)51-25-8-11-28-55(51)62(60)53-26-9-6-23-49(53)50-24-7-10-27-54(50)62/h2-41,58H,1H3. The number of aromatic nitrogens is 3. The average Bonchev–Trinajstić information content (AvgIpc) is 4.00. The molecule has 10 aromatic rings. The van der Waals surface area contributed by atoms with E-state index >= 15 is 0 Å². The fourth-order valence-electron chi connectivity index (χ4n) is 11.4. The summed E-state index contributed by atoms with van der Waals surface area (Å²) < 4.78 is 2.53. The van der Waals surface area contributed by atoms with Crippen molar-refractivity contribution in [2.75, 3.05) is 4.90 Å². The van der Waals surface area contributed by atoms with Crippen molar-refractivity contribution in [3.05, 3.63) is 259 Å². The summed E-state index contributed by atoms with van der Waals surface area (Å²) in [7, 11) is 0. The predicted molar refractivity (Wildman–Crippen MR) is 271 cm³/mol. The van der Waals surface area contributed by atoms with Crippen LogP contribution in [0.5, 0.6) is 0 Å². The lowest BCUT2D eigenvalue weighted by atomic mass is 9.70. The first-order valence-electron chi connectivity index (χ1n) is 22.9. The smallest absolute Gasteiger partial charge is 0.0747 e. The first kappa shape index (κ1) is 38.1. The third kappa shape index (κ3) is 5.71. The highest BCUT2D eigenvalue weighted by Crippen LogP contribution is 2.65. The van der Waals surface area contributed by atoms with E-state index in [-0.39, 0.29) is 6.04 Å². The Kier molecular flexibility index (Phi) is 8.75. The zero-order valence-electron chi connectivity index (χ0n) is 36.5. The molecule has 3 aliphatic rings. The van der Waals surface area contributed by atoms with Crippen LogP contribution in [0, 0.1) is 5.92 Å². The SMILES string of the molecule is CC1C=CC=CC1N(c1ccccc1)c1cccc(-c2ccc3c(c2)c2c(n3-c3cc(-c4ccccn4)cc(-c4ccccn4)c3)-c3ccccc3C23c2ccccc2-c2ccccc23)c1. The van der Waals surface area contributed by atoms with Crippen LogP contribution in [0.2, 0.25) is 0 Å². The van der Waals surface area contributed by atoms with Crippen molar-refractivity contribution >= 4 is 22.3 Å². The quantitative estimate of drug-likeness (QED) is 0.160. The van der Waals surface area contributed by atoms with Gasteiger partial charge < -0.3 is 9.47 Å². The lowest BCUT2D eigenvalue weighted by Crippen LogP contribution is -2.35. The Balaban J connectivity index is 1.11. The molecule has 4 nitrogen and oxygen atoms in total. The maximum Gasteiger partial charge on any atom is 0.0747 e. The second-order valence-corrected chi connectivity index (χ2v) is 17.8. The van der Waals surface area contributed by atoms with Gasteiger partial charge in [0.1, 0.15) is 0 Å². The molecule has 3 heterocycles. The third-order valence-corrected chi connectivity index (χ3v) is 14.1. The maximum atomic E-state index is 4.86. The van der Waals surface area contributed by atoms with Crippen LogP contribution in [-0.4, -0.2) is 20.6 Å². The summed E-state index contributed by atoms with van der Waals surface area (Å²) in [6, 6.07) is 73.7. The number of benzene rings is 7. The molecule has 0 saturated carbocycles. The number of hydrogen-bond acceptors (Lipinski definition) is 3. The molecule has 1 spiro atoms. The number of rotatable bonds is 7. The van der Waals surface area contributed by atoms with Crippen molar-refractivity contribution < 1.29 is 0 Å². The molecule has 3 aromatic heterocycles. The zero-order chi connectivity index (χ0) is 43.8. The summed E-state index contributed by atoms with van der Waals surface area (Å²) in [6.45, 7) is 2.31. The van der Waals surface area contributed by atoms with E-state index in [4.69, 9.17) is 9.97 Å². The second kappa shape index (κ2) is 15.1. The topological polar surface area (TPSA) is 34.0 Å². The van der Waals surface area contributed by atoms with Crippen LogP contribution in [0.1, 0.15) is 29.2 Å². The van der Waals surface area contributed by atoms with Gasteiger partial charge >= 0.3 is 0 Å². The summed E-state index contributed by atoms with van der Waals surface area (Å²) in [4.78, 5) is 12.2. The van der Waals surface area contributed by atoms with Crippen molar-refractivity contribution in [3.63, 3.8) is 0 Å². The van der Waals surface area contributed by atoms with Crippen LogP contribution in [-0.2, 0) is 5.41 Å². The summed E-state index contributed by atoms with van der Waals surface area (Å²) >= 11 is 0. The minimum Gasteiger partial charge on any atom is -0.334 e. The first-order valence-corrected chi connectivity index (χ1v) is 22.9. The van der Waals surface area contributed by atoms with E-state index in [0.29, 0.717) is 5.92 Å². The van der Waals surface area contributed by atoms with Crippen molar-refractivity contribution in [3.8, 4) is 61.7 Å². The molecule has 0 saturated heterocycles. The van der Waals surface area contributed by atoms with E-state index in [9.17, 15) is 0 Å². The molecular formula is C62H44N4. The summed E-state index contributed by atoms with van der Waals surface area (Å²) in [6.07, 6.45) is 12.7. The molecule has 7 aromatic carbocycles. The van der Waals surface area contributed by atoms with Crippen LogP contribution in [0.15, 0.2) is 237 Å². The molecule has 0 aliphatic heterocycles. The average molecular weight is 845 g/mol. The van der Waals surface area contributed by atoms with Gasteiger partial charge in [-0.05, 0) is 124 Å². The Labute approximate surface area is 385 Å². The van der Waals surface area contributed by atoms with Crippen molar-refractivity contribution in [1.82, 2.24) is 14.5 Å². The fourth-order valence-corrected chi connectivity index (χ4v) is 11.4. The van der Waals surface area contributed by atoms with Crippen LogP contribution in [0.25, 0.3) is 72.6 Å². The Hall–Kier alpha value is -8.34. The van der Waals surface area contributed by atoms with Gasteiger partial charge in [-0.3, -0.25) is 9.97 Å². The molecule has 0 N–H and O–H groups in total. The van der Waals surface area contributed by atoms with Crippen molar-refractivity contribution in [2.45, 2.75) is 18.4 Å². The normalized spacial score (nSPS) is 16.0. The highest BCUT2D eigenvalue weighted by atomic mass is 15.2. The Morgan fingerprint density at radius 2 is 1.05 bits per heavy atom. The van der Waals surface area contributed by atoms with Gasteiger partial charge in [0, 0.05) is 57.1 Å². The van der Waals surface area contributed by atoms with Gasteiger partial charge in [-0.15, -0.1) is 0 Å². The molecule has 13 rings (SSSR count). The molecule has 2 atom stereocenters. The number of anilines is 2. The lowest BCUT2D eigenvalue weighted by molar-refractivity contribution is 0.609. The Morgan fingerprint density at radius 1 is 0.470 bits per heavy atom. The van der Waals surface area contributed by atoms with Crippen LogP contribution in [0.4, 0.5) is 11.4 Å². The fraction of sp³-hybridized carbons (Fsp3) is 0.0645. The number of para-hydroxylation sites is 1. The summed E-state index contributed by atoms with van der Waals surface area (Å²) in [5.74, 6) is 0.335. The van der Waals surface area contributed by atoms with Gasteiger partial charge in [-0.2, -0.15) is 0 Å². The Morgan fingerprint density at radius 3 is 1.70 bits per heavy atom. The molecule has 4 heteroatoms. The molecule has 0 radical (unpaired) electrons. The van der Waals surface area contributed by atoms with Crippen LogP contribution >= 0.6 is 0 Å². The van der Waals surface area contributed by atoms with E-state index < -0.39 is 5.41 Å². The highest BCUT2D eigenvalue weighted by Gasteiger charge is 2.54. The molecule has 2 unspecified atom stereocenters. The van der Waals surface area contributed by atoms with Crippen LogP contribution in [0.3, 0.4) is 0 Å². The van der Waals surface area contributed by atoms with E-state index in [1.54, 1.807) is 0 Å². The molecular weight excluding hydrogens is 801 g/mol. The van der Waals surface area contributed by atoms with Gasteiger partial charge in [0.15, 0.2) is 0 Å². The number of allylic oxidation sites excluding steroid dienone is 2. The van der Waals surface area contributed by atoms with Gasteiger partial charge in [-0.1, -0.05) is 153 Å². The van der Waals surface area contributed by atoms with E-state index in [0.717, 1.165) is 39.4 Å². The highest BCUT2D eigenvalue weighted by molar-refractivity contribution is 6.06. The predicted octanol–water partition coefficient (Wildman–Crippen LogP) is 15.0. The van der Waals surface area contributed by atoms with Crippen molar-refractivity contribution in [2.24, 2.45) is 5.92 Å². The summed E-state index contributed by atoms with van der Waals surface area (Å²) in [5.41, 5.74) is 20.6. The zero-order valence-corrected chi connectivity index (χ0v) is 36.5. The minimum absolute atomic E-state index is 0.172. The third-order valence-electron chi connectivity index (χ3n) is 14.1. The number of nitrogens with zero attached hydrogens (tertiary/aromatic N) is 4. The number of pyridine rings is 2. The molecule has 66 heavy (non-hydrogen) atoms. The van der Waals surface area contributed by atoms with Gasteiger partial charge in [0.2, 0.25) is 0 Å². The van der Waals surface area contributed by atoms with Crippen molar-refractivity contribution in [1.29, 1.82) is 0 Å². The van der Waals surface area contributed by atoms with Crippen LogP contribution < -0.4 is 4.90 Å². The maximum absolute atomic E-state index is 4.86. The molecule has 3 aliphatic carbocycles. The largest absolute Gasteiger partial charge is 0.334 e. The second-order valence-electron chi connectivity index (χ2n) is 17.8. The molecule has 312 valence electrons. The van der Waals surface area contributed by atoms with Gasteiger partial charge in [0.05, 0.1) is 34.1 Å². The molecule has 0 fully saturated rings. The van der Waals surface area contributed by atoms with E-state index in [1.807, 2.05) is 24.5 Å². The summed E-state index contributed by atoms with van der Waals surface area (Å²) in [5, 5.41) is 1.23.